The first-order valence-corrected chi connectivity index (χ1v) is 9.80. The van der Waals surface area contributed by atoms with E-state index in [0.29, 0.717) is 12.6 Å². The van der Waals surface area contributed by atoms with Crippen molar-refractivity contribution in [2.75, 3.05) is 24.5 Å². The van der Waals surface area contributed by atoms with Crippen molar-refractivity contribution in [1.82, 2.24) is 15.6 Å². The van der Waals surface area contributed by atoms with Gasteiger partial charge in [0, 0.05) is 47.5 Å². The van der Waals surface area contributed by atoms with Gasteiger partial charge in [0.15, 0.2) is 5.96 Å². The van der Waals surface area contributed by atoms with Gasteiger partial charge in [-0.15, -0.1) is 11.3 Å². The molecule has 2 heterocycles. The molecule has 7 heteroatoms. The van der Waals surface area contributed by atoms with Crippen LogP contribution in [0.1, 0.15) is 23.2 Å². The Hall–Kier alpha value is -1.79. The smallest absolute Gasteiger partial charge is 0.191 e. The molecule has 5 nitrogen and oxygen atoms in total. The Morgan fingerprint density at radius 3 is 3.08 bits per heavy atom. The number of hydrogen-bond acceptors (Lipinski definition) is 4. The highest BCUT2D eigenvalue weighted by Gasteiger charge is 2.23. The molecular weight excluding hydrogens is 354 g/mol. The molecule has 3 rings (SSSR count). The summed E-state index contributed by atoms with van der Waals surface area (Å²) in [6, 6.07) is 8.41. The zero-order valence-corrected chi connectivity index (χ0v) is 16.2. The first-order valence-electron chi connectivity index (χ1n) is 8.60. The number of aryl methyl sites for hydroxylation is 1. The summed E-state index contributed by atoms with van der Waals surface area (Å²) < 4.78 is 0. The van der Waals surface area contributed by atoms with E-state index >= 15 is 0 Å². The summed E-state index contributed by atoms with van der Waals surface area (Å²) >= 11 is 7.81. The third kappa shape index (κ3) is 5.09. The first kappa shape index (κ1) is 18.0. The largest absolute Gasteiger partial charge is 0.369 e. The summed E-state index contributed by atoms with van der Waals surface area (Å²) in [5, 5.41) is 8.70. The highest BCUT2D eigenvalue weighted by atomic mass is 35.5. The predicted octanol–water partition coefficient (Wildman–Crippen LogP) is 3.44. The highest BCUT2D eigenvalue weighted by molar-refractivity contribution is 7.11. The molecule has 1 saturated heterocycles. The van der Waals surface area contributed by atoms with Gasteiger partial charge >= 0.3 is 0 Å². The predicted molar refractivity (Wildman–Crippen MR) is 107 cm³/mol. The molecule has 2 aromatic rings. The summed E-state index contributed by atoms with van der Waals surface area (Å²) in [4.78, 5) is 12.6. The SMILES string of the molecule is CCNC(=NCc1ncc(C)s1)NC1CCN(c2cccc(Cl)c2)C1. The molecule has 25 heavy (non-hydrogen) atoms. The van der Waals surface area contributed by atoms with Gasteiger partial charge in [-0.2, -0.15) is 0 Å². The Morgan fingerprint density at radius 1 is 1.48 bits per heavy atom. The monoisotopic (exact) mass is 377 g/mol. The molecule has 1 aromatic carbocycles. The molecule has 1 aliphatic heterocycles. The number of rotatable bonds is 5. The summed E-state index contributed by atoms with van der Waals surface area (Å²) in [5.41, 5.74) is 1.18. The Kier molecular flexibility index (Phi) is 6.15. The van der Waals surface area contributed by atoms with Crippen LogP contribution in [-0.4, -0.2) is 36.6 Å². The summed E-state index contributed by atoms with van der Waals surface area (Å²) in [6.45, 7) is 7.56. The van der Waals surface area contributed by atoms with Gasteiger partial charge in [-0.25, -0.2) is 9.98 Å². The van der Waals surface area contributed by atoms with Crippen LogP contribution in [0.5, 0.6) is 0 Å². The van der Waals surface area contributed by atoms with Gasteiger partial charge in [0.2, 0.25) is 0 Å². The maximum Gasteiger partial charge on any atom is 0.191 e. The minimum Gasteiger partial charge on any atom is -0.369 e. The van der Waals surface area contributed by atoms with Crippen molar-refractivity contribution in [3.8, 4) is 0 Å². The maximum absolute atomic E-state index is 6.11. The molecular formula is C18H24ClN5S. The standard InChI is InChI=1S/C18H24ClN5S/c1-3-20-18(22-11-17-21-10-13(2)25-17)23-15-7-8-24(12-15)16-6-4-5-14(19)9-16/h4-6,9-10,15H,3,7-8,11-12H2,1-2H3,(H2,20,22,23). The Morgan fingerprint density at radius 2 is 2.36 bits per heavy atom. The van der Waals surface area contributed by atoms with Gasteiger partial charge in [0.05, 0.1) is 6.54 Å². The average Bonchev–Trinajstić information content (AvgIpc) is 3.22. The van der Waals surface area contributed by atoms with E-state index in [1.54, 1.807) is 11.3 Å². The van der Waals surface area contributed by atoms with Crippen LogP contribution in [0.3, 0.4) is 0 Å². The second kappa shape index (κ2) is 8.54. The van der Waals surface area contributed by atoms with Gasteiger partial charge in [0.1, 0.15) is 5.01 Å². The fourth-order valence-corrected chi connectivity index (χ4v) is 3.82. The molecule has 0 bridgehead atoms. The number of benzene rings is 1. The van der Waals surface area contributed by atoms with Crippen LogP contribution in [0, 0.1) is 6.92 Å². The van der Waals surface area contributed by atoms with Gasteiger partial charge in [-0.1, -0.05) is 17.7 Å². The zero-order chi connectivity index (χ0) is 17.6. The van der Waals surface area contributed by atoms with Crippen LogP contribution in [0.2, 0.25) is 5.02 Å². The topological polar surface area (TPSA) is 52.6 Å². The van der Waals surface area contributed by atoms with Crippen molar-refractivity contribution in [2.45, 2.75) is 32.9 Å². The quantitative estimate of drug-likeness (QED) is 0.619. The number of nitrogens with zero attached hydrogens (tertiary/aromatic N) is 3. The molecule has 2 N–H and O–H groups in total. The number of thiazole rings is 1. The maximum atomic E-state index is 6.11. The summed E-state index contributed by atoms with van der Waals surface area (Å²) in [6.07, 6.45) is 2.98. The van der Waals surface area contributed by atoms with Crippen molar-refractivity contribution in [3.05, 3.63) is 45.4 Å². The van der Waals surface area contributed by atoms with E-state index in [-0.39, 0.29) is 0 Å². The minimum absolute atomic E-state index is 0.370. The lowest BCUT2D eigenvalue weighted by atomic mass is 10.3. The van der Waals surface area contributed by atoms with Crippen molar-refractivity contribution in [1.29, 1.82) is 0 Å². The Labute approximate surface area is 158 Å². The normalized spacial score (nSPS) is 17.8. The highest BCUT2D eigenvalue weighted by Crippen LogP contribution is 2.23. The second-order valence-corrected chi connectivity index (χ2v) is 7.87. The number of aromatic nitrogens is 1. The fraction of sp³-hybridized carbons (Fsp3) is 0.444. The third-order valence-electron chi connectivity index (χ3n) is 4.09. The fourth-order valence-electron chi connectivity index (χ4n) is 2.92. The van der Waals surface area contributed by atoms with E-state index in [1.807, 2.05) is 24.4 Å². The summed E-state index contributed by atoms with van der Waals surface area (Å²) in [5.74, 6) is 0.855. The molecule has 0 aliphatic carbocycles. The molecule has 1 aromatic heterocycles. The van der Waals surface area contributed by atoms with E-state index in [9.17, 15) is 0 Å². The van der Waals surface area contributed by atoms with Gasteiger partial charge in [-0.05, 0) is 38.5 Å². The molecule has 1 unspecified atom stereocenters. The molecule has 0 spiro atoms. The van der Waals surface area contributed by atoms with Crippen LogP contribution >= 0.6 is 22.9 Å². The van der Waals surface area contributed by atoms with Crippen molar-refractivity contribution >= 4 is 34.6 Å². The number of hydrogen-bond donors (Lipinski definition) is 2. The van der Waals surface area contributed by atoms with Crippen molar-refractivity contribution in [2.24, 2.45) is 4.99 Å². The molecule has 1 atom stereocenters. The van der Waals surface area contributed by atoms with Crippen molar-refractivity contribution in [3.63, 3.8) is 0 Å². The van der Waals surface area contributed by atoms with E-state index < -0.39 is 0 Å². The number of halogens is 1. The zero-order valence-electron chi connectivity index (χ0n) is 14.6. The number of nitrogens with one attached hydrogen (secondary N) is 2. The molecule has 0 radical (unpaired) electrons. The molecule has 0 saturated carbocycles. The Balaban J connectivity index is 1.59. The van der Waals surface area contributed by atoms with Crippen LogP contribution in [0.15, 0.2) is 35.5 Å². The van der Waals surface area contributed by atoms with Gasteiger partial charge in [-0.3, -0.25) is 0 Å². The van der Waals surface area contributed by atoms with Crippen molar-refractivity contribution < 1.29 is 0 Å². The molecule has 134 valence electrons. The van der Waals surface area contributed by atoms with Gasteiger partial charge in [0.25, 0.3) is 0 Å². The van der Waals surface area contributed by atoms with Crippen LogP contribution in [0.4, 0.5) is 5.69 Å². The molecule has 1 aliphatic rings. The second-order valence-electron chi connectivity index (χ2n) is 6.12. The van der Waals surface area contributed by atoms with E-state index in [2.05, 4.69) is 45.4 Å². The van der Waals surface area contributed by atoms with E-state index in [1.165, 1.54) is 10.6 Å². The van der Waals surface area contributed by atoms with E-state index in [4.69, 9.17) is 11.6 Å². The van der Waals surface area contributed by atoms with E-state index in [0.717, 1.165) is 42.0 Å². The van der Waals surface area contributed by atoms with Gasteiger partial charge < -0.3 is 15.5 Å². The molecule has 1 fully saturated rings. The Bertz CT molecular complexity index is 730. The summed E-state index contributed by atoms with van der Waals surface area (Å²) in [7, 11) is 0. The number of guanidine groups is 1. The lowest BCUT2D eigenvalue weighted by Gasteiger charge is -2.20. The minimum atomic E-state index is 0.370. The third-order valence-corrected chi connectivity index (χ3v) is 5.22. The van der Waals surface area contributed by atoms with Crippen LogP contribution in [0.25, 0.3) is 0 Å². The van der Waals surface area contributed by atoms with Crippen LogP contribution < -0.4 is 15.5 Å². The van der Waals surface area contributed by atoms with Crippen LogP contribution in [-0.2, 0) is 6.54 Å². The number of aliphatic imine (C=N–C) groups is 1. The average molecular weight is 378 g/mol. The molecule has 0 amide bonds. The lowest BCUT2D eigenvalue weighted by molar-refractivity contribution is 0.649. The number of anilines is 1. The lowest BCUT2D eigenvalue weighted by Crippen LogP contribution is -2.44. The first-order chi connectivity index (χ1) is 12.1.